The molecule has 0 saturated heterocycles. The van der Waals surface area contributed by atoms with Crippen LogP contribution >= 0.6 is 0 Å². The SMILES string of the molecule is CCOC(=O)C12CC(CC1N)C2. The van der Waals surface area contributed by atoms with Crippen molar-refractivity contribution in [2.75, 3.05) is 6.61 Å². The zero-order valence-electron chi connectivity index (χ0n) is 7.38. The maximum atomic E-state index is 11.5. The Morgan fingerprint density at radius 2 is 2.33 bits per heavy atom. The molecule has 3 aliphatic rings. The summed E-state index contributed by atoms with van der Waals surface area (Å²) in [6, 6.07) is 0.0570. The standard InChI is InChI=1S/C9H15NO2/c1-2-12-8(11)9-4-6(5-9)3-7(9)10/h6-7H,2-5,10H2,1H3. The second-order valence-electron chi connectivity index (χ2n) is 3.99. The van der Waals surface area contributed by atoms with E-state index >= 15 is 0 Å². The van der Waals surface area contributed by atoms with Gasteiger partial charge in [0.2, 0.25) is 0 Å². The van der Waals surface area contributed by atoms with Gasteiger partial charge in [0.15, 0.2) is 0 Å². The third-order valence-corrected chi connectivity index (χ3v) is 3.28. The zero-order valence-corrected chi connectivity index (χ0v) is 7.38. The summed E-state index contributed by atoms with van der Waals surface area (Å²) in [4.78, 5) is 11.5. The molecule has 0 spiro atoms. The molecule has 2 bridgehead atoms. The summed E-state index contributed by atoms with van der Waals surface area (Å²) in [6.07, 6.45) is 2.94. The number of hydrogen-bond acceptors (Lipinski definition) is 3. The van der Waals surface area contributed by atoms with Crippen LogP contribution in [-0.2, 0) is 9.53 Å². The second-order valence-corrected chi connectivity index (χ2v) is 3.99. The van der Waals surface area contributed by atoms with Gasteiger partial charge >= 0.3 is 5.97 Å². The highest BCUT2D eigenvalue weighted by molar-refractivity contribution is 5.80. The Morgan fingerprint density at radius 1 is 1.67 bits per heavy atom. The van der Waals surface area contributed by atoms with Crippen molar-refractivity contribution in [2.45, 2.75) is 32.2 Å². The molecule has 0 radical (unpaired) electrons. The molecule has 3 heteroatoms. The highest BCUT2D eigenvalue weighted by Crippen LogP contribution is 2.58. The van der Waals surface area contributed by atoms with E-state index in [1.807, 2.05) is 6.92 Å². The van der Waals surface area contributed by atoms with Gasteiger partial charge in [-0.15, -0.1) is 0 Å². The first kappa shape index (κ1) is 8.05. The van der Waals surface area contributed by atoms with Gasteiger partial charge in [-0.3, -0.25) is 4.79 Å². The van der Waals surface area contributed by atoms with Crippen LogP contribution in [0.1, 0.15) is 26.2 Å². The average molecular weight is 169 g/mol. The Hall–Kier alpha value is -0.570. The van der Waals surface area contributed by atoms with Crippen LogP contribution < -0.4 is 5.73 Å². The molecule has 0 aromatic rings. The fourth-order valence-electron chi connectivity index (χ4n) is 2.62. The minimum atomic E-state index is -0.277. The van der Waals surface area contributed by atoms with E-state index in [9.17, 15) is 4.79 Å². The largest absolute Gasteiger partial charge is 0.466 e. The topological polar surface area (TPSA) is 52.3 Å². The molecule has 3 rings (SSSR count). The van der Waals surface area contributed by atoms with Gasteiger partial charge in [-0.1, -0.05) is 0 Å². The van der Waals surface area contributed by atoms with Crippen LogP contribution in [0.15, 0.2) is 0 Å². The van der Waals surface area contributed by atoms with E-state index in [4.69, 9.17) is 10.5 Å². The Morgan fingerprint density at radius 3 is 2.75 bits per heavy atom. The molecule has 2 N–H and O–H groups in total. The molecule has 3 fully saturated rings. The number of fused-ring (bicyclic) bond motifs is 1. The molecule has 0 amide bonds. The van der Waals surface area contributed by atoms with Crippen molar-refractivity contribution in [3.63, 3.8) is 0 Å². The van der Waals surface area contributed by atoms with E-state index in [2.05, 4.69) is 0 Å². The molecule has 0 heterocycles. The number of esters is 1. The van der Waals surface area contributed by atoms with Crippen LogP contribution in [0.4, 0.5) is 0 Å². The fraction of sp³-hybridized carbons (Fsp3) is 0.889. The summed E-state index contributed by atoms with van der Waals surface area (Å²) in [5.41, 5.74) is 5.61. The lowest BCUT2D eigenvalue weighted by atomic mass is 9.68. The lowest BCUT2D eigenvalue weighted by Gasteiger charge is -2.37. The molecule has 68 valence electrons. The first-order valence-corrected chi connectivity index (χ1v) is 4.62. The summed E-state index contributed by atoms with van der Waals surface area (Å²) in [5, 5.41) is 0. The van der Waals surface area contributed by atoms with Crippen molar-refractivity contribution in [1.29, 1.82) is 0 Å². The van der Waals surface area contributed by atoms with Crippen molar-refractivity contribution in [2.24, 2.45) is 17.1 Å². The number of nitrogens with two attached hydrogens (primary N) is 1. The molecule has 0 aromatic heterocycles. The predicted octanol–water partition coefficient (Wildman–Crippen LogP) is 0.677. The fourth-order valence-corrected chi connectivity index (χ4v) is 2.62. The molecule has 3 saturated carbocycles. The normalized spacial score (nSPS) is 43.8. The van der Waals surface area contributed by atoms with Crippen LogP contribution in [0, 0.1) is 11.3 Å². The number of hydrogen-bond donors (Lipinski definition) is 1. The van der Waals surface area contributed by atoms with Gasteiger partial charge in [-0.2, -0.15) is 0 Å². The molecule has 12 heavy (non-hydrogen) atoms. The first-order valence-electron chi connectivity index (χ1n) is 4.62. The van der Waals surface area contributed by atoms with Crippen molar-refractivity contribution < 1.29 is 9.53 Å². The molecule has 3 nitrogen and oxygen atoms in total. The Balaban J connectivity index is 2.07. The van der Waals surface area contributed by atoms with Crippen molar-refractivity contribution >= 4 is 5.97 Å². The zero-order chi connectivity index (χ0) is 8.77. The van der Waals surface area contributed by atoms with Crippen molar-refractivity contribution in [3.8, 4) is 0 Å². The van der Waals surface area contributed by atoms with Gasteiger partial charge in [0.1, 0.15) is 0 Å². The van der Waals surface area contributed by atoms with E-state index in [1.54, 1.807) is 0 Å². The van der Waals surface area contributed by atoms with E-state index in [0.29, 0.717) is 12.5 Å². The van der Waals surface area contributed by atoms with Crippen molar-refractivity contribution in [1.82, 2.24) is 0 Å². The maximum Gasteiger partial charge on any atom is 0.313 e. The summed E-state index contributed by atoms with van der Waals surface area (Å²) >= 11 is 0. The van der Waals surface area contributed by atoms with Crippen molar-refractivity contribution in [3.05, 3.63) is 0 Å². The summed E-state index contributed by atoms with van der Waals surface area (Å²) < 4.78 is 5.02. The summed E-state index contributed by atoms with van der Waals surface area (Å²) in [5.74, 6) is 0.635. The quantitative estimate of drug-likeness (QED) is 0.618. The lowest BCUT2D eigenvalue weighted by molar-refractivity contribution is -0.160. The van der Waals surface area contributed by atoms with Crippen LogP contribution in [0.3, 0.4) is 0 Å². The third-order valence-electron chi connectivity index (χ3n) is 3.28. The van der Waals surface area contributed by atoms with Gasteiger partial charge < -0.3 is 10.5 Å². The van der Waals surface area contributed by atoms with Crippen LogP contribution in [0.5, 0.6) is 0 Å². The Labute approximate surface area is 72.3 Å². The number of carbonyl (C=O) groups is 1. The highest BCUT2D eigenvalue weighted by Gasteiger charge is 2.61. The minimum Gasteiger partial charge on any atom is -0.466 e. The average Bonchev–Trinajstić information content (AvgIpc) is 2.40. The number of rotatable bonds is 2. The maximum absolute atomic E-state index is 11.5. The lowest BCUT2D eigenvalue weighted by Crippen LogP contribution is -2.47. The molecular weight excluding hydrogens is 154 g/mol. The molecule has 0 aliphatic heterocycles. The molecule has 1 unspecified atom stereocenters. The van der Waals surface area contributed by atoms with Gasteiger partial charge in [-0.25, -0.2) is 0 Å². The van der Waals surface area contributed by atoms with Crippen LogP contribution in [0.25, 0.3) is 0 Å². The minimum absolute atomic E-state index is 0.0570. The molecule has 1 atom stereocenters. The summed E-state index contributed by atoms with van der Waals surface area (Å²) in [7, 11) is 0. The summed E-state index contributed by atoms with van der Waals surface area (Å²) in [6.45, 7) is 2.31. The van der Waals surface area contributed by atoms with Gasteiger partial charge in [0.05, 0.1) is 12.0 Å². The van der Waals surface area contributed by atoms with E-state index in [-0.39, 0.29) is 17.4 Å². The van der Waals surface area contributed by atoms with Gasteiger partial charge in [-0.05, 0) is 32.1 Å². The van der Waals surface area contributed by atoms with Gasteiger partial charge in [0.25, 0.3) is 0 Å². The van der Waals surface area contributed by atoms with E-state index in [1.165, 1.54) is 0 Å². The Kier molecular flexibility index (Phi) is 1.65. The van der Waals surface area contributed by atoms with Crippen LogP contribution in [0.2, 0.25) is 0 Å². The number of carbonyl (C=O) groups excluding carboxylic acids is 1. The highest BCUT2D eigenvalue weighted by atomic mass is 16.5. The second kappa shape index (κ2) is 2.46. The van der Waals surface area contributed by atoms with E-state index < -0.39 is 0 Å². The number of ether oxygens (including phenoxy) is 1. The van der Waals surface area contributed by atoms with E-state index in [0.717, 1.165) is 19.3 Å². The molecular formula is C9H15NO2. The molecule has 3 aliphatic carbocycles. The first-order chi connectivity index (χ1) is 5.69. The molecule has 0 aromatic carbocycles. The predicted molar refractivity (Wildman–Crippen MR) is 44.4 cm³/mol. The van der Waals surface area contributed by atoms with Gasteiger partial charge in [0, 0.05) is 6.04 Å². The Bertz CT molecular complexity index is 209. The van der Waals surface area contributed by atoms with Crippen LogP contribution in [-0.4, -0.2) is 18.6 Å². The monoisotopic (exact) mass is 169 g/mol. The third kappa shape index (κ3) is 0.829. The smallest absolute Gasteiger partial charge is 0.313 e.